The Morgan fingerprint density at radius 2 is 1.33 bits per heavy atom. The van der Waals surface area contributed by atoms with Gasteiger partial charge in [-0.05, 0) is 48.4 Å². The van der Waals surface area contributed by atoms with Crippen molar-refractivity contribution in [3.8, 4) is 11.5 Å². The second kappa shape index (κ2) is 13.8. The highest BCUT2D eigenvalue weighted by atomic mass is 16.5. The number of aliphatic hydroxyl groups is 1. The van der Waals surface area contributed by atoms with Crippen LogP contribution in [0.3, 0.4) is 0 Å². The number of aliphatic carboxylic acids is 2. The molecule has 1 fully saturated rings. The molecule has 0 radical (unpaired) electrons. The molecule has 206 valence electrons. The summed E-state index contributed by atoms with van der Waals surface area (Å²) in [4.78, 5) is 18.2. The third-order valence-corrected chi connectivity index (χ3v) is 7.12. The number of benzene rings is 3. The average molecular weight is 534 g/mol. The van der Waals surface area contributed by atoms with E-state index in [4.69, 9.17) is 29.3 Å². The normalized spacial score (nSPS) is 18.4. The van der Waals surface area contributed by atoms with Crippen LogP contribution in [0.15, 0.2) is 72.8 Å². The van der Waals surface area contributed by atoms with Gasteiger partial charge in [-0.1, -0.05) is 79.6 Å². The van der Waals surface area contributed by atoms with Gasteiger partial charge in [0, 0.05) is 17.6 Å². The lowest BCUT2D eigenvalue weighted by Crippen LogP contribution is -2.43. The fraction of sp³-hybridized carbons (Fsp3) is 0.355. The minimum Gasteiger partial charge on any atom is -0.485 e. The number of carbonyl (C=O) groups is 2. The maximum Gasteiger partial charge on any atom is 0.414 e. The molecule has 0 aromatic heterocycles. The lowest BCUT2D eigenvalue weighted by atomic mass is 9.84. The van der Waals surface area contributed by atoms with Crippen LogP contribution >= 0.6 is 0 Å². The van der Waals surface area contributed by atoms with Gasteiger partial charge >= 0.3 is 11.9 Å². The molecule has 2 atom stereocenters. The van der Waals surface area contributed by atoms with Crippen LogP contribution in [0.4, 0.5) is 0 Å². The first kappa shape index (κ1) is 28.1. The molecule has 8 nitrogen and oxygen atoms in total. The van der Waals surface area contributed by atoms with Crippen molar-refractivity contribution in [3.63, 3.8) is 0 Å². The van der Waals surface area contributed by atoms with Crippen LogP contribution in [0.1, 0.15) is 60.5 Å². The van der Waals surface area contributed by atoms with Gasteiger partial charge in [-0.15, -0.1) is 0 Å². The molecule has 0 amide bonds. The first-order valence-corrected chi connectivity index (χ1v) is 13.3. The van der Waals surface area contributed by atoms with Crippen LogP contribution < -0.4 is 14.8 Å². The molecule has 0 bridgehead atoms. The Bertz CT molecular complexity index is 1210. The average Bonchev–Trinajstić information content (AvgIpc) is 3.47. The molecule has 0 saturated heterocycles. The van der Waals surface area contributed by atoms with E-state index in [-0.39, 0.29) is 6.04 Å². The molecular formula is C31H35NO7. The van der Waals surface area contributed by atoms with Crippen LogP contribution in [0.2, 0.25) is 0 Å². The zero-order chi connectivity index (χ0) is 27.6. The second-order valence-electron chi connectivity index (χ2n) is 9.86. The van der Waals surface area contributed by atoms with Gasteiger partial charge in [-0.25, -0.2) is 9.59 Å². The lowest BCUT2D eigenvalue weighted by molar-refractivity contribution is -0.159. The summed E-state index contributed by atoms with van der Waals surface area (Å²) >= 11 is 0. The fourth-order valence-corrected chi connectivity index (χ4v) is 5.14. The van der Waals surface area contributed by atoms with Crippen molar-refractivity contribution in [1.29, 1.82) is 0 Å². The Morgan fingerprint density at radius 1 is 0.769 bits per heavy atom. The van der Waals surface area contributed by atoms with E-state index in [2.05, 4.69) is 29.6 Å². The quantitative estimate of drug-likeness (QED) is 0.302. The van der Waals surface area contributed by atoms with Gasteiger partial charge in [0.25, 0.3) is 0 Å². The minimum atomic E-state index is -1.82. The van der Waals surface area contributed by atoms with Crippen molar-refractivity contribution in [3.05, 3.63) is 95.1 Å². The van der Waals surface area contributed by atoms with Crippen LogP contribution in [0.5, 0.6) is 11.5 Å². The molecule has 2 aliphatic carbocycles. The minimum absolute atomic E-state index is 0.0960. The number of rotatable bonds is 8. The Hall–Kier alpha value is -3.88. The highest BCUT2D eigenvalue weighted by Crippen LogP contribution is 2.42. The molecule has 1 saturated carbocycles. The summed E-state index contributed by atoms with van der Waals surface area (Å²) in [6, 6.07) is 25.0. The number of ether oxygens (including phenoxy) is 2. The van der Waals surface area contributed by atoms with E-state index in [9.17, 15) is 5.11 Å². The maximum atomic E-state index is 11.2. The number of carboxylic acid groups (broad SMARTS) is 2. The van der Waals surface area contributed by atoms with Crippen molar-refractivity contribution in [1.82, 2.24) is 5.32 Å². The molecule has 0 spiro atoms. The van der Waals surface area contributed by atoms with Crippen LogP contribution in [0, 0.1) is 0 Å². The molecular weight excluding hydrogens is 498 g/mol. The number of hydrogen-bond acceptors (Lipinski definition) is 6. The van der Waals surface area contributed by atoms with Crippen molar-refractivity contribution >= 4 is 11.9 Å². The van der Waals surface area contributed by atoms with Gasteiger partial charge in [0.1, 0.15) is 13.2 Å². The van der Waals surface area contributed by atoms with E-state index in [1.807, 2.05) is 48.5 Å². The number of carboxylic acids is 2. The summed E-state index contributed by atoms with van der Waals surface area (Å²) in [5.74, 6) is -2.14. The predicted molar refractivity (Wildman–Crippen MR) is 146 cm³/mol. The van der Waals surface area contributed by atoms with Crippen LogP contribution in [0.25, 0.3) is 0 Å². The Labute approximate surface area is 228 Å². The van der Waals surface area contributed by atoms with Crippen molar-refractivity contribution in [2.45, 2.75) is 69.9 Å². The molecule has 3 aromatic rings. The standard InChI is InChI=1S/C29H33NO3.C2H2O4/c31-28-24-16-18-27(32-19-21-9-3-1-4-10-21)29(33-20-22-11-5-2-6-12-22)25(24)15-17-26(28)30-23-13-7-8-14-23;3-1(4)2(5)6/h1-6,9-12,16,18,23,26,28,30-31H,7-8,13-15,17,19-20H2;(H,3,4)(H,5,6). The highest BCUT2D eigenvalue weighted by molar-refractivity contribution is 6.27. The number of nitrogens with one attached hydrogen (secondary N) is 1. The van der Waals surface area contributed by atoms with Crippen LogP contribution in [-0.2, 0) is 29.2 Å². The lowest BCUT2D eigenvalue weighted by Gasteiger charge is -2.34. The summed E-state index contributed by atoms with van der Waals surface area (Å²) < 4.78 is 12.6. The third-order valence-electron chi connectivity index (χ3n) is 7.12. The summed E-state index contributed by atoms with van der Waals surface area (Å²) in [5, 5.41) is 29.7. The van der Waals surface area contributed by atoms with E-state index in [1.54, 1.807) is 0 Å². The smallest absolute Gasteiger partial charge is 0.414 e. The summed E-state index contributed by atoms with van der Waals surface area (Å²) in [7, 11) is 0. The van der Waals surface area contributed by atoms with Gasteiger partial charge in [-0.2, -0.15) is 0 Å². The largest absolute Gasteiger partial charge is 0.485 e. The topological polar surface area (TPSA) is 125 Å². The summed E-state index contributed by atoms with van der Waals surface area (Å²) in [6.07, 6.45) is 6.24. The van der Waals surface area contributed by atoms with Crippen molar-refractivity contribution in [2.24, 2.45) is 0 Å². The monoisotopic (exact) mass is 533 g/mol. The Balaban J connectivity index is 0.000000531. The van der Waals surface area contributed by atoms with Crippen molar-refractivity contribution in [2.75, 3.05) is 0 Å². The Morgan fingerprint density at radius 3 is 1.90 bits per heavy atom. The van der Waals surface area contributed by atoms with E-state index >= 15 is 0 Å². The zero-order valence-corrected chi connectivity index (χ0v) is 21.8. The number of fused-ring (bicyclic) bond motifs is 1. The first-order valence-electron chi connectivity index (χ1n) is 13.3. The molecule has 8 heteroatoms. The third kappa shape index (κ3) is 7.81. The van der Waals surface area contributed by atoms with E-state index in [0.717, 1.165) is 46.6 Å². The molecule has 0 aliphatic heterocycles. The number of aliphatic hydroxyl groups excluding tert-OH is 1. The van der Waals surface area contributed by atoms with Crippen LogP contribution in [-0.4, -0.2) is 39.3 Å². The second-order valence-corrected chi connectivity index (χ2v) is 9.86. The molecule has 39 heavy (non-hydrogen) atoms. The van der Waals surface area contributed by atoms with Gasteiger partial charge in [-0.3, -0.25) is 0 Å². The van der Waals surface area contributed by atoms with E-state index < -0.39 is 18.0 Å². The fourth-order valence-electron chi connectivity index (χ4n) is 5.14. The predicted octanol–water partition coefficient (Wildman–Crippen LogP) is 4.88. The van der Waals surface area contributed by atoms with Gasteiger partial charge in [0.05, 0.1) is 6.10 Å². The molecule has 5 rings (SSSR count). The summed E-state index contributed by atoms with van der Waals surface area (Å²) in [6.45, 7) is 0.953. The van der Waals surface area contributed by atoms with Crippen molar-refractivity contribution < 1.29 is 34.4 Å². The summed E-state index contributed by atoms with van der Waals surface area (Å²) in [5.41, 5.74) is 4.27. The van der Waals surface area contributed by atoms with Gasteiger partial charge in [0.2, 0.25) is 0 Å². The van der Waals surface area contributed by atoms with Gasteiger partial charge in [0.15, 0.2) is 11.5 Å². The SMILES string of the molecule is O=C(O)C(=O)O.OC1c2ccc(OCc3ccccc3)c(OCc3ccccc3)c2CCC1NC1CCCC1. The Kier molecular flexibility index (Phi) is 9.94. The van der Waals surface area contributed by atoms with E-state index in [1.165, 1.54) is 25.7 Å². The number of hydrogen-bond donors (Lipinski definition) is 4. The highest BCUT2D eigenvalue weighted by Gasteiger charge is 2.33. The van der Waals surface area contributed by atoms with Gasteiger partial charge < -0.3 is 30.1 Å². The molecule has 4 N–H and O–H groups in total. The zero-order valence-electron chi connectivity index (χ0n) is 21.8. The molecule has 0 heterocycles. The van der Waals surface area contributed by atoms with E-state index in [0.29, 0.717) is 19.3 Å². The molecule has 3 aromatic carbocycles. The molecule has 2 aliphatic rings. The first-order chi connectivity index (χ1) is 18.9. The maximum absolute atomic E-state index is 11.2. The molecule has 2 unspecified atom stereocenters.